The Kier molecular flexibility index (Phi) is 8.19. The van der Waals surface area contributed by atoms with Crippen LogP contribution in [0.1, 0.15) is 37.2 Å². The first-order chi connectivity index (χ1) is 12.0. The maximum absolute atomic E-state index is 10.3. The fourth-order valence-corrected chi connectivity index (χ4v) is 2.79. The zero-order chi connectivity index (χ0) is 18.1. The number of nitrogens with zero attached hydrogens (tertiary/aromatic N) is 1. The van der Waals surface area contributed by atoms with Crippen molar-refractivity contribution >= 4 is 0 Å². The quantitative estimate of drug-likeness (QED) is 0.668. The summed E-state index contributed by atoms with van der Waals surface area (Å²) < 4.78 is 10.8. The lowest BCUT2D eigenvalue weighted by Gasteiger charge is -2.26. The fraction of sp³-hybridized carbons (Fsp3) is 0.524. The van der Waals surface area contributed by atoms with Crippen molar-refractivity contribution in [3.8, 4) is 0 Å². The van der Waals surface area contributed by atoms with E-state index in [2.05, 4.69) is 49.9 Å². The van der Waals surface area contributed by atoms with Crippen molar-refractivity contribution in [2.45, 2.75) is 46.4 Å². The Hall–Kier alpha value is -1.62. The van der Waals surface area contributed by atoms with E-state index >= 15 is 0 Å². The summed E-state index contributed by atoms with van der Waals surface area (Å²) in [4.78, 5) is 2.32. The van der Waals surface area contributed by atoms with Crippen LogP contribution in [0.25, 0.3) is 0 Å². The molecule has 0 fully saturated rings. The number of ether oxygens (including phenoxy) is 1. The van der Waals surface area contributed by atoms with Gasteiger partial charge in [-0.1, -0.05) is 43.7 Å². The van der Waals surface area contributed by atoms with Crippen LogP contribution in [-0.4, -0.2) is 35.8 Å². The van der Waals surface area contributed by atoms with Crippen molar-refractivity contribution in [1.29, 1.82) is 0 Å². The Morgan fingerprint density at radius 1 is 1.20 bits per heavy atom. The molecule has 0 amide bonds. The predicted molar refractivity (Wildman–Crippen MR) is 100 cm³/mol. The molecule has 4 nitrogen and oxygen atoms in total. The third-order valence-electron chi connectivity index (χ3n) is 4.11. The van der Waals surface area contributed by atoms with Gasteiger partial charge in [-0.25, -0.2) is 0 Å². The molecular weight excluding hydrogens is 314 g/mol. The summed E-state index contributed by atoms with van der Waals surface area (Å²) in [6.45, 7) is 9.71. The third-order valence-corrected chi connectivity index (χ3v) is 4.11. The number of benzene rings is 1. The van der Waals surface area contributed by atoms with Crippen LogP contribution in [0.5, 0.6) is 0 Å². The van der Waals surface area contributed by atoms with Gasteiger partial charge in [0.15, 0.2) is 0 Å². The van der Waals surface area contributed by atoms with E-state index in [9.17, 15) is 5.11 Å². The number of aryl methyl sites for hydroxylation is 1. The molecule has 1 aromatic heterocycles. The molecule has 1 heterocycles. The second-order valence-corrected chi connectivity index (χ2v) is 7.16. The average Bonchev–Trinajstić information content (AvgIpc) is 3.06. The fourth-order valence-electron chi connectivity index (χ4n) is 2.79. The van der Waals surface area contributed by atoms with Gasteiger partial charge in [-0.3, -0.25) is 4.90 Å². The van der Waals surface area contributed by atoms with Crippen molar-refractivity contribution < 1.29 is 14.3 Å². The molecule has 1 atom stereocenters. The first kappa shape index (κ1) is 19.7. The number of hydrogen-bond donors (Lipinski definition) is 1. The molecule has 1 aromatic carbocycles. The van der Waals surface area contributed by atoms with Crippen LogP contribution in [0, 0.1) is 12.8 Å². The van der Waals surface area contributed by atoms with Crippen molar-refractivity contribution in [1.82, 2.24) is 4.90 Å². The molecule has 138 valence electrons. The lowest BCUT2D eigenvalue weighted by molar-refractivity contribution is 0.00325. The van der Waals surface area contributed by atoms with Gasteiger partial charge in [0.25, 0.3) is 0 Å². The second kappa shape index (κ2) is 10.4. The van der Waals surface area contributed by atoms with Crippen molar-refractivity contribution in [3.05, 3.63) is 59.5 Å². The van der Waals surface area contributed by atoms with Crippen LogP contribution < -0.4 is 0 Å². The van der Waals surface area contributed by atoms with Crippen molar-refractivity contribution in [2.24, 2.45) is 5.92 Å². The zero-order valence-corrected chi connectivity index (χ0v) is 15.6. The number of rotatable bonds is 11. The molecule has 4 heteroatoms. The summed E-state index contributed by atoms with van der Waals surface area (Å²) in [6, 6.07) is 12.3. The number of hydrogen-bond acceptors (Lipinski definition) is 4. The molecule has 2 aromatic rings. The monoisotopic (exact) mass is 345 g/mol. The lowest BCUT2D eigenvalue weighted by atomic mass is 10.1. The van der Waals surface area contributed by atoms with E-state index in [1.807, 2.05) is 12.1 Å². The zero-order valence-electron chi connectivity index (χ0n) is 15.6. The topological polar surface area (TPSA) is 45.8 Å². The minimum absolute atomic E-state index is 0.312. The van der Waals surface area contributed by atoms with Crippen molar-refractivity contribution in [3.63, 3.8) is 0 Å². The minimum Gasteiger partial charge on any atom is -0.467 e. The summed E-state index contributed by atoms with van der Waals surface area (Å²) in [5.74, 6) is 1.43. The van der Waals surface area contributed by atoms with Crippen LogP contribution in [-0.2, 0) is 17.9 Å². The molecule has 0 aliphatic heterocycles. The van der Waals surface area contributed by atoms with Gasteiger partial charge in [-0.05, 0) is 43.5 Å². The van der Waals surface area contributed by atoms with E-state index < -0.39 is 6.10 Å². The highest BCUT2D eigenvalue weighted by atomic mass is 16.5. The predicted octanol–water partition coefficient (Wildman–Crippen LogP) is 4.01. The molecular formula is C21H31NO3. The lowest BCUT2D eigenvalue weighted by Crippen LogP contribution is -2.35. The van der Waals surface area contributed by atoms with Gasteiger partial charge in [-0.15, -0.1) is 0 Å². The maximum Gasteiger partial charge on any atom is 0.129 e. The smallest absolute Gasteiger partial charge is 0.129 e. The van der Waals surface area contributed by atoms with Crippen LogP contribution in [0.15, 0.2) is 47.1 Å². The average molecular weight is 345 g/mol. The van der Waals surface area contributed by atoms with Gasteiger partial charge >= 0.3 is 0 Å². The van der Waals surface area contributed by atoms with E-state index in [0.29, 0.717) is 25.7 Å². The highest BCUT2D eigenvalue weighted by Crippen LogP contribution is 2.11. The Morgan fingerprint density at radius 3 is 2.72 bits per heavy atom. The van der Waals surface area contributed by atoms with E-state index in [-0.39, 0.29) is 0 Å². The Labute approximate surface area is 151 Å². The summed E-state index contributed by atoms with van der Waals surface area (Å²) in [6.07, 6.45) is 2.24. The first-order valence-electron chi connectivity index (χ1n) is 9.09. The second-order valence-electron chi connectivity index (χ2n) is 7.16. The molecule has 0 aliphatic rings. The molecule has 1 N–H and O–H groups in total. The molecule has 2 rings (SSSR count). The van der Waals surface area contributed by atoms with Crippen LogP contribution in [0.3, 0.4) is 0 Å². The van der Waals surface area contributed by atoms with Crippen LogP contribution in [0.2, 0.25) is 0 Å². The van der Waals surface area contributed by atoms with Crippen molar-refractivity contribution in [2.75, 3.05) is 19.7 Å². The summed E-state index contributed by atoms with van der Waals surface area (Å²) in [5.41, 5.74) is 2.55. The molecule has 0 saturated carbocycles. The minimum atomic E-state index is -0.507. The number of aliphatic hydroxyl groups excluding tert-OH is 1. The Balaban J connectivity index is 1.83. The van der Waals surface area contributed by atoms with Gasteiger partial charge in [0.1, 0.15) is 12.4 Å². The normalized spacial score (nSPS) is 12.9. The summed E-state index contributed by atoms with van der Waals surface area (Å²) in [7, 11) is 0. The molecule has 0 aliphatic carbocycles. The number of aliphatic hydroxyl groups is 1. The van der Waals surface area contributed by atoms with E-state index in [0.717, 1.165) is 25.3 Å². The first-order valence-corrected chi connectivity index (χ1v) is 9.09. The number of furan rings is 1. The highest BCUT2D eigenvalue weighted by molar-refractivity contribution is 5.22. The standard InChI is InChI=1S/C21H31NO3/c1-17(2)9-10-22(13-19-7-4-6-18(3)12-19)14-20(23)15-24-16-21-8-5-11-25-21/h4-8,11-12,17,20,23H,9-10,13-16H2,1-3H3. The van der Waals surface area contributed by atoms with E-state index in [1.54, 1.807) is 6.26 Å². The van der Waals surface area contributed by atoms with E-state index in [4.69, 9.17) is 9.15 Å². The van der Waals surface area contributed by atoms with Gasteiger partial charge in [0.2, 0.25) is 0 Å². The van der Waals surface area contributed by atoms with E-state index in [1.165, 1.54) is 11.1 Å². The van der Waals surface area contributed by atoms with Gasteiger partial charge in [-0.2, -0.15) is 0 Å². The Bertz CT molecular complexity index is 595. The molecule has 0 spiro atoms. The molecule has 0 saturated heterocycles. The van der Waals surface area contributed by atoms with Gasteiger partial charge in [0.05, 0.1) is 19.0 Å². The highest BCUT2D eigenvalue weighted by Gasteiger charge is 2.14. The summed E-state index contributed by atoms with van der Waals surface area (Å²) in [5, 5.41) is 10.3. The van der Waals surface area contributed by atoms with Gasteiger partial charge < -0.3 is 14.3 Å². The maximum atomic E-state index is 10.3. The molecule has 0 radical (unpaired) electrons. The summed E-state index contributed by atoms with van der Waals surface area (Å²) >= 11 is 0. The van der Waals surface area contributed by atoms with Crippen LogP contribution in [0.4, 0.5) is 0 Å². The Morgan fingerprint density at radius 2 is 2.04 bits per heavy atom. The molecule has 1 unspecified atom stereocenters. The largest absolute Gasteiger partial charge is 0.467 e. The molecule has 25 heavy (non-hydrogen) atoms. The van der Waals surface area contributed by atoms with Crippen LogP contribution >= 0.6 is 0 Å². The third kappa shape index (κ3) is 7.86. The SMILES string of the molecule is Cc1cccc(CN(CCC(C)C)CC(O)COCc2ccco2)c1. The van der Waals surface area contributed by atoms with Gasteiger partial charge in [0, 0.05) is 13.1 Å². The molecule has 0 bridgehead atoms.